The predicted octanol–water partition coefficient (Wildman–Crippen LogP) is 3.57. The zero-order valence-corrected chi connectivity index (χ0v) is 13.6. The van der Waals surface area contributed by atoms with E-state index < -0.39 is 0 Å². The van der Waals surface area contributed by atoms with Crippen LogP contribution in [-0.4, -0.2) is 9.55 Å². The number of nitrogens with zero attached hydrogens (tertiary/aromatic N) is 3. The van der Waals surface area contributed by atoms with E-state index in [0.29, 0.717) is 5.75 Å². The molecule has 5 heteroatoms. The van der Waals surface area contributed by atoms with Crippen LogP contribution in [0, 0.1) is 11.3 Å². The summed E-state index contributed by atoms with van der Waals surface area (Å²) in [4.78, 5) is 16.2. The standard InChI is InChI=1S/C18H21N3O2/c1-3-4-5-6-8-14-11-16(22)18(13-21(14)2)23-17-9-7-10-20-15(17)12-19/h7,9-11,13H,3-6,8H2,1-2H3. The molecular formula is C18H21N3O2. The van der Waals surface area contributed by atoms with Gasteiger partial charge in [-0.2, -0.15) is 5.26 Å². The lowest BCUT2D eigenvalue weighted by molar-refractivity contribution is 0.466. The summed E-state index contributed by atoms with van der Waals surface area (Å²) in [5.41, 5.74) is 0.977. The van der Waals surface area contributed by atoms with Crippen molar-refractivity contribution in [2.75, 3.05) is 0 Å². The number of unbranched alkanes of at least 4 members (excludes halogenated alkanes) is 3. The largest absolute Gasteiger partial charge is 0.449 e. The van der Waals surface area contributed by atoms with Crippen LogP contribution in [0.3, 0.4) is 0 Å². The zero-order chi connectivity index (χ0) is 16.7. The van der Waals surface area contributed by atoms with Gasteiger partial charge in [0.15, 0.2) is 17.2 Å². The van der Waals surface area contributed by atoms with E-state index in [2.05, 4.69) is 11.9 Å². The van der Waals surface area contributed by atoms with Crippen molar-refractivity contribution in [3.8, 4) is 17.6 Å². The molecule has 0 bridgehead atoms. The van der Waals surface area contributed by atoms with Gasteiger partial charge in [-0.05, 0) is 25.0 Å². The number of hydrogen-bond acceptors (Lipinski definition) is 4. The predicted molar refractivity (Wildman–Crippen MR) is 88.6 cm³/mol. The van der Waals surface area contributed by atoms with Gasteiger partial charge in [-0.1, -0.05) is 26.2 Å². The second kappa shape index (κ2) is 8.14. The summed E-state index contributed by atoms with van der Waals surface area (Å²) in [6.07, 6.45) is 8.72. The van der Waals surface area contributed by atoms with Gasteiger partial charge in [-0.15, -0.1) is 0 Å². The van der Waals surface area contributed by atoms with E-state index in [0.717, 1.165) is 18.5 Å². The highest BCUT2D eigenvalue weighted by atomic mass is 16.5. The fourth-order valence-corrected chi connectivity index (χ4v) is 2.38. The third-order valence-electron chi connectivity index (χ3n) is 3.69. The lowest BCUT2D eigenvalue weighted by atomic mass is 10.1. The summed E-state index contributed by atoms with van der Waals surface area (Å²) in [6.45, 7) is 2.18. The Bertz CT molecular complexity index is 760. The van der Waals surface area contributed by atoms with Gasteiger partial charge in [-0.3, -0.25) is 4.79 Å². The second-order valence-electron chi connectivity index (χ2n) is 5.48. The fraction of sp³-hybridized carbons (Fsp3) is 0.389. The first-order valence-corrected chi connectivity index (χ1v) is 7.88. The molecular weight excluding hydrogens is 290 g/mol. The molecule has 2 heterocycles. The monoisotopic (exact) mass is 311 g/mol. The molecule has 0 amide bonds. The van der Waals surface area contributed by atoms with E-state index in [4.69, 9.17) is 10.00 Å². The van der Waals surface area contributed by atoms with Crippen LogP contribution in [0.15, 0.2) is 35.4 Å². The highest BCUT2D eigenvalue weighted by molar-refractivity contribution is 5.39. The Balaban J connectivity index is 2.17. The van der Waals surface area contributed by atoms with E-state index in [-0.39, 0.29) is 16.9 Å². The summed E-state index contributed by atoms with van der Waals surface area (Å²) in [7, 11) is 1.90. The van der Waals surface area contributed by atoms with Crippen LogP contribution >= 0.6 is 0 Å². The third kappa shape index (κ3) is 4.43. The number of hydrogen-bond donors (Lipinski definition) is 0. The zero-order valence-electron chi connectivity index (χ0n) is 13.6. The van der Waals surface area contributed by atoms with Crippen molar-refractivity contribution >= 4 is 0 Å². The molecule has 0 radical (unpaired) electrons. The number of aromatic nitrogens is 2. The second-order valence-corrected chi connectivity index (χ2v) is 5.48. The highest BCUT2D eigenvalue weighted by Gasteiger charge is 2.10. The van der Waals surface area contributed by atoms with Gasteiger partial charge < -0.3 is 9.30 Å². The van der Waals surface area contributed by atoms with Gasteiger partial charge in [0, 0.05) is 25.0 Å². The van der Waals surface area contributed by atoms with Crippen LogP contribution in [0.2, 0.25) is 0 Å². The Morgan fingerprint density at radius 1 is 1.30 bits per heavy atom. The lowest BCUT2D eigenvalue weighted by Crippen LogP contribution is -2.12. The molecule has 0 atom stereocenters. The number of rotatable bonds is 7. The molecule has 0 unspecified atom stereocenters. The van der Waals surface area contributed by atoms with Crippen molar-refractivity contribution in [3.63, 3.8) is 0 Å². The molecule has 0 saturated heterocycles. The number of ether oxygens (including phenoxy) is 1. The van der Waals surface area contributed by atoms with Gasteiger partial charge in [0.05, 0.1) is 6.20 Å². The van der Waals surface area contributed by atoms with Crippen molar-refractivity contribution in [1.29, 1.82) is 5.26 Å². The Morgan fingerprint density at radius 3 is 2.87 bits per heavy atom. The Kier molecular flexibility index (Phi) is 5.93. The molecule has 0 N–H and O–H groups in total. The van der Waals surface area contributed by atoms with Crippen molar-refractivity contribution in [2.45, 2.75) is 39.0 Å². The van der Waals surface area contributed by atoms with Crippen LogP contribution in [-0.2, 0) is 13.5 Å². The number of pyridine rings is 2. The SMILES string of the molecule is CCCCCCc1cc(=O)c(Oc2cccnc2C#N)cn1C. The molecule has 0 aromatic carbocycles. The summed E-state index contributed by atoms with van der Waals surface area (Å²) < 4.78 is 7.50. The summed E-state index contributed by atoms with van der Waals surface area (Å²) in [5, 5.41) is 9.03. The minimum absolute atomic E-state index is 0.165. The van der Waals surface area contributed by atoms with Gasteiger partial charge >= 0.3 is 0 Å². The van der Waals surface area contributed by atoms with Crippen LogP contribution in [0.1, 0.15) is 44.0 Å². The van der Waals surface area contributed by atoms with E-state index >= 15 is 0 Å². The molecule has 0 aliphatic heterocycles. The molecule has 0 aliphatic carbocycles. The third-order valence-corrected chi connectivity index (χ3v) is 3.69. The van der Waals surface area contributed by atoms with Gasteiger partial charge in [0.25, 0.3) is 0 Å². The molecule has 5 nitrogen and oxygen atoms in total. The average Bonchev–Trinajstić information content (AvgIpc) is 2.56. The fourth-order valence-electron chi connectivity index (χ4n) is 2.38. The first-order chi connectivity index (χ1) is 11.2. The summed E-state index contributed by atoms with van der Waals surface area (Å²) in [5.74, 6) is 0.497. The van der Waals surface area contributed by atoms with Gasteiger partial charge in [0.1, 0.15) is 6.07 Å². The molecule has 0 spiro atoms. The van der Waals surface area contributed by atoms with Crippen LogP contribution in [0.25, 0.3) is 0 Å². The van der Waals surface area contributed by atoms with Crippen molar-refractivity contribution in [2.24, 2.45) is 7.05 Å². The Hall–Kier alpha value is -2.61. The molecule has 120 valence electrons. The minimum Gasteiger partial charge on any atom is -0.449 e. The molecule has 23 heavy (non-hydrogen) atoms. The number of aryl methyl sites for hydroxylation is 2. The van der Waals surface area contributed by atoms with Crippen LogP contribution < -0.4 is 10.2 Å². The van der Waals surface area contributed by atoms with Crippen molar-refractivity contribution < 1.29 is 4.74 Å². The Labute approximate surface area is 136 Å². The van der Waals surface area contributed by atoms with E-state index in [1.54, 1.807) is 24.4 Å². The maximum Gasteiger partial charge on any atom is 0.224 e. The molecule has 2 rings (SSSR count). The average molecular weight is 311 g/mol. The first-order valence-electron chi connectivity index (χ1n) is 7.88. The van der Waals surface area contributed by atoms with Crippen LogP contribution in [0.4, 0.5) is 0 Å². The van der Waals surface area contributed by atoms with Crippen LogP contribution in [0.5, 0.6) is 11.5 Å². The molecule has 0 saturated carbocycles. The number of nitriles is 1. The topological polar surface area (TPSA) is 67.9 Å². The maximum atomic E-state index is 12.2. The van der Waals surface area contributed by atoms with E-state index in [1.807, 2.05) is 17.7 Å². The van der Waals surface area contributed by atoms with Crippen molar-refractivity contribution in [1.82, 2.24) is 9.55 Å². The summed E-state index contributed by atoms with van der Waals surface area (Å²) in [6, 6.07) is 6.87. The molecule has 2 aromatic rings. The van der Waals surface area contributed by atoms with Gasteiger partial charge in [0.2, 0.25) is 5.43 Å². The maximum absolute atomic E-state index is 12.2. The highest BCUT2D eigenvalue weighted by Crippen LogP contribution is 2.21. The van der Waals surface area contributed by atoms with Crippen molar-refractivity contribution in [3.05, 3.63) is 52.2 Å². The smallest absolute Gasteiger partial charge is 0.224 e. The quantitative estimate of drug-likeness (QED) is 0.733. The van der Waals surface area contributed by atoms with Gasteiger partial charge in [-0.25, -0.2) is 4.98 Å². The first kappa shape index (κ1) is 16.8. The minimum atomic E-state index is -0.179. The normalized spacial score (nSPS) is 10.3. The molecule has 0 aliphatic rings. The summed E-state index contributed by atoms with van der Waals surface area (Å²) >= 11 is 0. The van der Waals surface area contributed by atoms with E-state index in [9.17, 15) is 4.79 Å². The lowest BCUT2D eigenvalue weighted by Gasteiger charge is -2.12. The molecule has 2 aromatic heterocycles. The Morgan fingerprint density at radius 2 is 2.13 bits per heavy atom. The van der Waals surface area contributed by atoms with E-state index in [1.165, 1.54) is 25.5 Å². The molecule has 0 fully saturated rings.